The maximum Gasteiger partial charge on any atom is 0.339 e. The fourth-order valence-electron chi connectivity index (χ4n) is 2.39. The third kappa shape index (κ3) is 3.78. The first-order chi connectivity index (χ1) is 12.0. The molecule has 5 nitrogen and oxygen atoms in total. The summed E-state index contributed by atoms with van der Waals surface area (Å²) in [6.45, 7) is 0.106. The number of carbonyl (C=O) groups is 2. The zero-order valence-corrected chi connectivity index (χ0v) is 14.6. The van der Waals surface area contributed by atoms with Gasteiger partial charge >= 0.3 is 5.97 Å². The standard InChI is InChI=1S/C18H13Cl2NO4/c1-24-18(23)14-4-2-13(20)8-15(14)21-17(22)11-6-10-7-12(19)3-5-16(10)25-9-11/h2-8H,9H2,1H3,(H,21,22). The molecule has 128 valence electrons. The van der Waals surface area contributed by atoms with Gasteiger partial charge in [0.2, 0.25) is 0 Å². The van der Waals surface area contributed by atoms with Gasteiger partial charge in [-0.1, -0.05) is 23.2 Å². The Hall–Kier alpha value is -2.50. The van der Waals surface area contributed by atoms with Crippen LogP contribution < -0.4 is 10.1 Å². The number of amides is 1. The van der Waals surface area contributed by atoms with E-state index in [0.29, 0.717) is 26.9 Å². The van der Waals surface area contributed by atoms with E-state index in [1.165, 1.54) is 19.2 Å². The molecule has 0 fully saturated rings. The Morgan fingerprint density at radius 1 is 1.12 bits per heavy atom. The highest BCUT2D eigenvalue weighted by Gasteiger charge is 2.20. The van der Waals surface area contributed by atoms with E-state index < -0.39 is 11.9 Å². The smallest absolute Gasteiger partial charge is 0.339 e. The molecular weight excluding hydrogens is 365 g/mol. The molecule has 3 rings (SSSR count). The number of nitrogens with one attached hydrogen (secondary N) is 1. The van der Waals surface area contributed by atoms with Gasteiger partial charge in [-0.2, -0.15) is 0 Å². The van der Waals surface area contributed by atoms with Crippen molar-refractivity contribution in [1.82, 2.24) is 0 Å². The summed E-state index contributed by atoms with van der Waals surface area (Å²) in [7, 11) is 1.26. The Labute approximate surface area is 154 Å². The first-order valence-corrected chi connectivity index (χ1v) is 8.05. The Bertz CT molecular complexity index is 893. The van der Waals surface area contributed by atoms with E-state index in [0.717, 1.165) is 0 Å². The Morgan fingerprint density at radius 2 is 1.84 bits per heavy atom. The number of hydrogen-bond acceptors (Lipinski definition) is 4. The maximum absolute atomic E-state index is 12.5. The normalized spacial score (nSPS) is 12.5. The summed E-state index contributed by atoms with van der Waals surface area (Å²) in [5, 5.41) is 3.60. The van der Waals surface area contributed by atoms with Gasteiger partial charge in [0.25, 0.3) is 5.91 Å². The fraction of sp³-hybridized carbons (Fsp3) is 0.111. The van der Waals surface area contributed by atoms with Crippen LogP contribution in [0.4, 0.5) is 5.69 Å². The van der Waals surface area contributed by atoms with Gasteiger partial charge in [0.1, 0.15) is 12.4 Å². The van der Waals surface area contributed by atoms with Crippen LogP contribution >= 0.6 is 23.2 Å². The third-order valence-electron chi connectivity index (χ3n) is 3.61. The Morgan fingerprint density at radius 3 is 2.60 bits per heavy atom. The van der Waals surface area contributed by atoms with Crippen molar-refractivity contribution in [1.29, 1.82) is 0 Å². The van der Waals surface area contributed by atoms with Gasteiger partial charge in [-0.3, -0.25) is 4.79 Å². The third-order valence-corrected chi connectivity index (χ3v) is 4.08. The van der Waals surface area contributed by atoms with E-state index in [2.05, 4.69) is 5.32 Å². The minimum Gasteiger partial charge on any atom is -0.488 e. The molecular formula is C18H13Cl2NO4. The van der Waals surface area contributed by atoms with Crippen LogP contribution in [0.5, 0.6) is 5.75 Å². The largest absolute Gasteiger partial charge is 0.488 e. The second kappa shape index (κ2) is 7.17. The number of anilines is 1. The number of rotatable bonds is 3. The predicted molar refractivity (Wildman–Crippen MR) is 96.3 cm³/mol. The SMILES string of the molecule is COC(=O)c1ccc(Cl)cc1NC(=O)C1=Cc2cc(Cl)ccc2OC1. The number of esters is 1. The van der Waals surface area contributed by atoms with E-state index in [9.17, 15) is 9.59 Å². The van der Waals surface area contributed by atoms with E-state index in [4.69, 9.17) is 32.7 Å². The number of halogens is 2. The highest BCUT2D eigenvalue weighted by atomic mass is 35.5. The molecule has 0 saturated heterocycles. The molecule has 0 bridgehead atoms. The number of hydrogen-bond donors (Lipinski definition) is 1. The quantitative estimate of drug-likeness (QED) is 0.814. The van der Waals surface area contributed by atoms with Crippen LogP contribution in [-0.4, -0.2) is 25.6 Å². The molecule has 0 spiro atoms. The number of carbonyl (C=O) groups excluding carboxylic acids is 2. The highest BCUT2D eigenvalue weighted by molar-refractivity contribution is 6.31. The molecule has 1 aliphatic heterocycles. The van der Waals surface area contributed by atoms with Gasteiger partial charge in [0.05, 0.1) is 23.9 Å². The lowest BCUT2D eigenvalue weighted by atomic mass is 10.1. The van der Waals surface area contributed by atoms with Crippen molar-refractivity contribution >= 4 is 46.8 Å². The molecule has 0 saturated carbocycles. The minimum absolute atomic E-state index is 0.106. The van der Waals surface area contributed by atoms with Crippen LogP contribution in [0.2, 0.25) is 10.0 Å². The number of ether oxygens (including phenoxy) is 2. The molecule has 1 heterocycles. The van der Waals surface area contributed by atoms with E-state index in [-0.39, 0.29) is 17.9 Å². The van der Waals surface area contributed by atoms with Gasteiger partial charge < -0.3 is 14.8 Å². The number of methoxy groups -OCH3 is 1. The summed E-state index contributed by atoms with van der Waals surface area (Å²) < 4.78 is 10.3. The molecule has 0 aliphatic carbocycles. The first kappa shape index (κ1) is 17.3. The van der Waals surface area contributed by atoms with Gasteiger partial charge in [-0.05, 0) is 42.5 Å². The molecule has 1 N–H and O–H groups in total. The molecule has 2 aromatic carbocycles. The second-order valence-electron chi connectivity index (χ2n) is 5.28. The van der Waals surface area contributed by atoms with Crippen LogP contribution in [0, 0.1) is 0 Å². The maximum atomic E-state index is 12.5. The molecule has 0 atom stereocenters. The van der Waals surface area contributed by atoms with Gasteiger partial charge in [-0.15, -0.1) is 0 Å². The first-order valence-electron chi connectivity index (χ1n) is 7.30. The molecule has 0 radical (unpaired) electrons. The second-order valence-corrected chi connectivity index (χ2v) is 6.15. The minimum atomic E-state index is -0.571. The highest BCUT2D eigenvalue weighted by Crippen LogP contribution is 2.30. The summed E-state index contributed by atoms with van der Waals surface area (Å²) in [6, 6.07) is 9.70. The zero-order chi connectivity index (χ0) is 18.0. The van der Waals surface area contributed by atoms with E-state index >= 15 is 0 Å². The van der Waals surface area contributed by atoms with Crippen molar-refractivity contribution in [2.24, 2.45) is 0 Å². The molecule has 0 aromatic heterocycles. The van der Waals surface area contributed by atoms with Crippen molar-refractivity contribution < 1.29 is 19.1 Å². The van der Waals surface area contributed by atoms with Crippen molar-refractivity contribution in [3.8, 4) is 5.75 Å². The monoisotopic (exact) mass is 377 g/mol. The van der Waals surface area contributed by atoms with Crippen molar-refractivity contribution in [2.75, 3.05) is 19.0 Å². The summed E-state index contributed by atoms with van der Waals surface area (Å²) in [6.07, 6.45) is 1.70. The lowest BCUT2D eigenvalue weighted by Crippen LogP contribution is -2.22. The van der Waals surface area contributed by atoms with E-state index in [1.807, 2.05) is 0 Å². The van der Waals surface area contributed by atoms with Crippen LogP contribution in [0.15, 0.2) is 42.0 Å². The average Bonchev–Trinajstić information content (AvgIpc) is 2.60. The Balaban J connectivity index is 1.88. The topological polar surface area (TPSA) is 64.6 Å². The van der Waals surface area contributed by atoms with Crippen molar-refractivity contribution in [3.63, 3.8) is 0 Å². The molecule has 7 heteroatoms. The predicted octanol–water partition coefficient (Wildman–Crippen LogP) is 4.19. The fourth-order valence-corrected chi connectivity index (χ4v) is 2.74. The van der Waals surface area contributed by atoms with E-state index in [1.54, 1.807) is 30.3 Å². The zero-order valence-electron chi connectivity index (χ0n) is 13.1. The molecule has 0 unspecified atom stereocenters. The molecule has 1 amide bonds. The van der Waals surface area contributed by atoms with Crippen LogP contribution in [0.25, 0.3) is 6.08 Å². The van der Waals surface area contributed by atoms with Gasteiger partial charge in [-0.25, -0.2) is 4.79 Å². The lowest BCUT2D eigenvalue weighted by Gasteiger charge is -2.18. The Kier molecular flexibility index (Phi) is 4.97. The summed E-state index contributed by atoms with van der Waals surface area (Å²) in [5.74, 6) is -0.324. The average molecular weight is 378 g/mol. The van der Waals surface area contributed by atoms with Crippen LogP contribution in [-0.2, 0) is 9.53 Å². The summed E-state index contributed by atoms with van der Waals surface area (Å²) >= 11 is 11.9. The van der Waals surface area contributed by atoms with Gasteiger partial charge in [0.15, 0.2) is 0 Å². The van der Waals surface area contributed by atoms with Gasteiger partial charge in [0, 0.05) is 15.6 Å². The van der Waals surface area contributed by atoms with Crippen molar-refractivity contribution in [3.05, 3.63) is 63.1 Å². The van der Waals surface area contributed by atoms with Crippen LogP contribution in [0.1, 0.15) is 15.9 Å². The molecule has 25 heavy (non-hydrogen) atoms. The van der Waals surface area contributed by atoms with Crippen LogP contribution in [0.3, 0.4) is 0 Å². The lowest BCUT2D eigenvalue weighted by molar-refractivity contribution is -0.113. The number of fused-ring (bicyclic) bond motifs is 1. The molecule has 1 aliphatic rings. The summed E-state index contributed by atoms with van der Waals surface area (Å²) in [5.41, 5.74) is 1.58. The molecule has 2 aromatic rings. The number of benzene rings is 2. The van der Waals surface area contributed by atoms with Crippen molar-refractivity contribution in [2.45, 2.75) is 0 Å². The summed E-state index contributed by atoms with van der Waals surface area (Å²) in [4.78, 5) is 24.4.